The van der Waals surface area contributed by atoms with Crippen LogP contribution in [0.1, 0.15) is 56.0 Å². The lowest BCUT2D eigenvalue weighted by molar-refractivity contribution is -0.160. The number of amides is 1. The van der Waals surface area contributed by atoms with Crippen LogP contribution in [0.15, 0.2) is 24.5 Å². The summed E-state index contributed by atoms with van der Waals surface area (Å²) >= 11 is 0. The lowest BCUT2D eigenvalue weighted by Gasteiger charge is -2.41. The summed E-state index contributed by atoms with van der Waals surface area (Å²) in [6.45, 7) is 4.58. The molecule has 0 unspecified atom stereocenters. The number of morpholine rings is 1. The van der Waals surface area contributed by atoms with Gasteiger partial charge in [-0.05, 0) is 30.4 Å². The summed E-state index contributed by atoms with van der Waals surface area (Å²) in [5.74, 6) is 1.82. The van der Waals surface area contributed by atoms with Crippen molar-refractivity contribution >= 4 is 5.91 Å². The van der Waals surface area contributed by atoms with Gasteiger partial charge >= 0.3 is 0 Å². The van der Waals surface area contributed by atoms with Crippen LogP contribution in [0.5, 0.6) is 0 Å². The molecule has 1 N–H and O–H groups in total. The molecule has 1 saturated carbocycles. The van der Waals surface area contributed by atoms with Crippen LogP contribution >= 0.6 is 0 Å². The molecular weight excluding hydrogens is 358 g/mol. The minimum Gasteiger partial charge on any atom is -0.394 e. The number of carbonyl (C=O) groups is 1. The van der Waals surface area contributed by atoms with E-state index in [9.17, 15) is 9.90 Å². The number of hydrogen-bond acceptors (Lipinski definition) is 6. The third-order valence-electron chi connectivity index (χ3n) is 5.13. The average Bonchev–Trinajstić information content (AvgIpc) is 3.44. The zero-order valence-corrected chi connectivity index (χ0v) is 16.4. The Balaban J connectivity index is 1.76. The van der Waals surface area contributed by atoms with Gasteiger partial charge in [0.2, 0.25) is 5.91 Å². The number of ether oxygens (including phenoxy) is 1. The first kappa shape index (κ1) is 19.0. The fourth-order valence-electron chi connectivity index (χ4n) is 3.84. The molecule has 0 aromatic carbocycles. The number of hydrogen-bond donors (Lipinski definition) is 1. The lowest BCUT2D eigenvalue weighted by atomic mass is 9.98. The quantitative estimate of drug-likeness (QED) is 0.779. The van der Waals surface area contributed by atoms with Crippen molar-refractivity contribution in [2.24, 2.45) is 5.92 Å². The average molecular weight is 385 g/mol. The van der Waals surface area contributed by atoms with Crippen LogP contribution in [0.2, 0.25) is 0 Å². The Hall–Kier alpha value is -2.32. The number of aliphatic hydroxyl groups is 1. The molecule has 1 aliphatic carbocycles. The largest absolute Gasteiger partial charge is 0.394 e. The van der Waals surface area contributed by atoms with Gasteiger partial charge in [0.05, 0.1) is 19.2 Å². The third kappa shape index (κ3) is 3.79. The van der Waals surface area contributed by atoms with E-state index in [4.69, 9.17) is 9.72 Å². The first-order chi connectivity index (χ1) is 13.6. The van der Waals surface area contributed by atoms with E-state index in [1.807, 2.05) is 17.0 Å². The SMILES string of the molecule is CC(C)Cc1nc([C@H]2OCC(=O)N(C3CC3)[C@@H]2c2cccnc2)n(CCO)n1. The van der Waals surface area contributed by atoms with Gasteiger partial charge in [-0.1, -0.05) is 19.9 Å². The molecule has 4 rings (SSSR count). The van der Waals surface area contributed by atoms with E-state index in [-0.39, 0.29) is 31.2 Å². The molecule has 2 aliphatic rings. The minimum atomic E-state index is -0.442. The first-order valence-electron chi connectivity index (χ1n) is 9.95. The minimum absolute atomic E-state index is 0.00299. The van der Waals surface area contributed by atoms with Gasteiger partial charge in [0.15, 0.2) is 11.6 Å². The molecule has 1 saturated heterocycles. The van der Waals surface area contributed by atoms with Crippen molar-refractivity contribution in [2.75, 3.05) is 13.2 Å². The Labute approximate surface area is 164 Å². The zero-order chi connectivity index (χ0) is 19.7. The predicted octanol–water partition coefficient (Wildman–Crippen LogP) is 1.67. The number of nitrogens with zero attached hydrogens (tertiary/aromatic N) is 5. The summed E-state index contributed by atoms with van der Waals surface area (Å²) < 4.78 is 7.76. The molecule has 8 nitrogen and oxygen atoms in total. The number of rotatable bonds is 7. The van der Waals surface area contributed by atoms with E-state index < -0.39 is 6.10 Å². The van der Waals surface area contributed by atoms with E-state index >= 15 is 0 Å². The van der Waals surface area contributed by atoms with Gasteiger partial charge in [-0.3, -0.25) is 9.78 Å². The van der Waals surface area contributed by atoms with Crippen molar-refractivity contribution in [3.8, 4) is 0 Å². The molecule has 28 heavy (non-hydrogen) atoms. The molecule has 2 atom stereocenters. The normalized spacial score (nSPS) is 22.9. The molecule has 0 radical (unpaired) electrons. The molecule has 8 heteroatoms. The van der Waals surface area contributed by atoms with E-state index in [1.54, 1.807) is 17.1 Å². The van der Waals surface area contributed by atoms with Crippen molar-refractivity contribution in [3.63, 3.8) is 0 Å². The molecule has 0 spiro atoms. The van der Waals surface area contributed by atoms with Crippen LogP contribution in [0.3, 0.4) is 0 Å². The zero-order valence-electron chi connectivity index (χ0n) is 16.4. The van der Waals surface area contributed by atoms with Gasteiger partial charge in [0, 0.05) is 24.9 Å². The fraction of sp³-hybridized carbons (Fsp3) is 0.600. The highest BCUT2D eigenvalue weighted by Gasteiger charge is 2.47. The standard InChI is InChI=1S/C20H27N5O3/c1-13(2)10-16-22-20(24(23-16)8-9-26)19-18(14-4-3-7-21-11-14)25(15-5-6-15)17(27)12-28-19/h3-4,7,11,13,15,18-19,26H,5-6,8-10,12H2,1-2H3/t18-,19+/m1/s1. The summed E-state index contributed by atoms with van der Waals surface area (Å²) in [6.07, 6.45) is 5.84. The number of aromatic nitrogens is 4. The lowest BCUT2D eigenvalue weighted by Crippen LogP contribution is -2.47. The summed E-state index contributed by atoms with van der Waals surface area (Å²) in [4.78, 5) is 23.7. The van der Waals surface area contributed by atoms with Crippen molar-refractivity contribution in [3.05, 3.63) is 41.7 Å². The Kier molecular flexibility index (Phi) is 5.41. The number of carbonyl (C=O) groups excluding carboxylic acids is 1. The van der Waals surface area contributed by atoms with Crippen molar-refractivity contribution in [1.82, 2.24) is 24.6 Å². The molecule has 150 valence electrons. The van der Waals surface area contributed by atoms with Crippen molar-refractivity contribution in [2.45, 2.75) is 57.8 Å². The summed E-state index contributed by atoms with van der Waals surface area (Å²) in [6, 6.07) is 3.80. The summed E-state index contributed by atoms with van der Waals surface area (Å²) in [7, 11) is 0. The van der Waals surface area contributed by atoms with Gasteiger partial charge in [-0.2, -0.15) is 5.10 Å². The maximum absolute atomic E-state index is 12.7. The van der Waals surface area contributed by atoms with Crippen LogP contribution in [0, 0.1) is 5.92 Å². The second-order valence-corrected chi connectivity index (χ2v) is 7.93. The highest BCUT2D eigenvalue weighted by molar-refractivity contribution is 5.79. The Morgan fingerprint density at radius 2 is 2.18 bits per heavy atom. The van der Waals surface area contributed by atoms with Crippen LogP contribution in [-0.2, 0) is 22.5 Å². The van der Waals surface area contributed by atoms with Crippen LogP contribution in [-0.4, -0.2) is 54.9 Å². The smallest absolute Gasteiger partial charge is 0.249 e. The Morgan fingerprint density at radius 1 is 1.36 bits per heavy atom. The Bertz CT molecular complexity index is 819. The van der Waals surface area contributed by atoms with Gasteiger partial charge in [-0.25, -0.2) is 9.67 Å². The summed E-state index contributed by atoms with van der Waals surface area (Å²) in [5.41, 5.74) is 0.927. The topological polar surface area (TPSA) is 93.4 Å². The van der Waals surface area contributed by atoms with Crippen molar-refractivity contribution in [1.29, 1.82) is 0 Å². The molecular formula is C20H27N5O3. The highest BCUT2D eigenvalue weighted by Crippen LogP contribution is 2.44. The highest BCUT2D eigenvalue weighted by atomic mass is 16.5. The van der Waals surface area contributed by atoms with Gasteiger partial charge in [0.25, 0.3) is 0 Å². The van der Waals surface area contributed by atoms with Crippen LogP contribution in [0.4, 0.5) is 0 Å². The number of pyridine rings is 1. The maximum Gasteiger partial charge on any atom is 0.249 e. The predicted molar refractivity (Wildman–Crippen MR) is 101 cm³/mol. The molecule has 3 heterocycles. The second-order valence-electron chi connectivity index (χ2n) is 7.93. The molecule has 2 fully saturated rings. The first-order valence-corrected chi connectivity index (χ1v) is 9.95. The van der Waals surface area contributed by atoms with Crippen molar-refractivity contribution < 1.29 is 14.6 Å². The third-order valence-corrected chi connectivity index (χ3v) is 5.13. The van der Waals surface area contributed by atoms with E-state index in [1.165, 1.54) is 0 Å². The molecule has 2 aromatic rings. The molecule has 1 amide bonds. The second kappa shape index (κ2) is 7.97. The number of aliphatic hydroxyl groups excluding tert-OH is 1. The molecule has 0 bridgehead atoms. The monoisotopic (exact) mass is 385 g/mol. The Morgan fingerprint density at radius 3 is 2.82 bits per heavy atom. The van der Waals surface area contributed by atoms with Gasteiger partial charge in [-0.15, -0.1) is 0 Å². The van der Waals surface area contributed by atoms with Crippen LogP contribution < -0.4 is 0 Å². The molecule has 1 aliphatic heterocycles. The van der Waals surface area contributed by atoms with Crippen LogP contribution in [0.25, 0.3) is 0 Å². The maximum atomic E-state index is 12.7. The van der Waals surface area contributed by atoms with E-state index in [2.05, 4.69) is 23.9 Å². The summed E-state index contributed by atoms with van der Waals surface area (Å²) in [5, 5.41) is 14.1. The van der Waals surface area contributed by atoms with Gasteiger partial charge in [0.1, 0.15) is 12.7 Å². The molecule has 2 aromatic heterocycles. The van der Waals surface area contributed by atoms with E-state index in [0.717, 1.165) is 30.7 Å². The van der Waals surface area contributed by atoms with E-state index in [0.29, 0.717) is 18.3 Å². The van der Waals surface area contributed by atoms with Gasteiger partial charge < -0.3 is 14.7 Å². The fourth-order valence-corrected chi connectivity index (χ4v) is 3.84.